The molecule has 1 N–H and O–H groups in total. The van der Waals surface area contributed by atoms with Crippen molar-refractivity contribution in [3.8, 4) is 0 Å². The Hall–Kier alpha value is -0.940. The minimum absolute atomic E-state index is 0.227. The molecule has 112 valence electrons. The van der Waals surface area contributed by atoms with Gasteiger partial charge in [-0.05, 0) is 32.2 Å². The van der Waals surface area contributed by atoms with Crippen LogP contribution in [0.1, 0.15) is 75.5 Å². The zero-order valence-electron chi connectivity index (χ0n) is 12.4. The molecular weight excluding hydrogens is 254 g/mol. The summed E-state index contributed by atoms with van der Waals surface area (Å²) in [4.78, 5) is 4.68. The first-order chi connectivity index (χ1) is 9.84. The van der Waals surface area contributed by atoms with Crippen LogP contribution in [0.4, 0.5) is 0 Å². The SMILES string of the molecule is COC1(c2noc([C@@H]3CCCCN3)n2)CCCCCC1. The molecule has 1 aromatic heterocycles. The number of aromatic nitrogens is 2. The quantitative estimate of drug-likeness (QED) is 0.862. The molecule has 0 radical (unpaired) electrons. The van der Waals surface area contributed by atoms with Crippen molar-refractivity contribution in [1.29, 1.82) is 0 Å². The van der Waals surface area contributed by atoms with Crippen molar-refractivity contribution in [2.24, 2.45) is 0 Å². The van der Waals surface area contributed by atoms with E-state index in [1.807, 2.05) is 0 Å². The van der Waals surface area contributed by atoms with Gasteiger partial charge in [-0.3, -0.25) is 0 Å². The predicted octanol–water partition coefficient (Wildman–Crippen LogP) is 3.08. The van der Waals surface area contributed by atoms with Crippen LogP contribution in [0.15, 0.2) is 4.52 Å². The second-order valence-electron chi connectivity index (χ2n) is 6.07. The van der Waals surface area contributed by atoms with Crippen LogP contribution in [0.2, 0.25) is 0 Å². The second kappa shape index (κ2) is 6.22. The van der Waals surface area contributed by atoms with Crippen molar-refractivity contribution in [1.82, 2.24) is 15.5 Å². The summed E-state index contributed by atoms with van der Waals surface area (Å²) >= 11 is 0. The van der Waals surface area contributed by atoms with Crippen molar-refractivity contribution < 1.29 is 9.26 Å². The standard InChI is InChI=1S/C15H25N3O2/c1-19-15(9-5-2-3-6-10-15)14-17-13(20-18-14)12-8-4-7-11-16-12/h12,16H,2-11H2,1H3/t12-/m0/s1. The average molecular weight is 279 g/mol. The Morgan fingerprint density at radius 2 is 1.95 bits per heavy atom. The summed E-state index contributed by atoms with van der Waals surface area (Å²) < 4.78 is 11.4. The van der Waals surface area contributed by atoms with Crippen LogP contribution < -0.4 is 5.32 Å². The second-order valence-corrected chi connectivity index (χ2v) is 6.07. The van der Waals surface area contributed by atoms with E-state index in [2.05, 4.69) is 15.5 Å². The highest BCUT2D eigenvalue weighted by Crippen LogP contribution is 2.38. The van der Waals surface area contributed by atoms with Gasteiger partial charge in [-0.2, -0.15) is 4.98 Å². The maximum Gasteiger partial charge on any atom is 0.243 e. The van der Waals surface area contributed by atoms with Crippen LogP contribution in [0.3, 0.4) is 0 Å². The van der Waals surface area contributed by atoms with Gasteiger partial charge < -0.3 is 14.6 Å². The lowest BCUT2D eigenvalue weighted by Gasteiger charge is -2.27. The summed E-state index contributed by atoms with van der Waals surface area (Å²) in [6.45, 7) is 1.04. The average Bonchev–Trinajstić information content (AvgIpc) is 2.88. The van der Waals surface area contributed by atoms with Crippen molar-refractivity contribution in [3.63, 3.8) is 0 Å². The highest BCUT2D eigenvalue weighted by Gasteiger charge is 2.38. The Morgan fingerprint density at radius 3 is 2.60 bits per heavy atom. The first-order valence-corrected chi connectivity index (χ1v) is 7.97. The summed E-state index contributed by atoms with van der Waals surface area (Å²) in [7, 11) is 1.78. The van der Waals surface area contributed by atoms with Gasteiger partial charge >= 0.3 is 0 Å². The van der Waals surface area contributed by atoms with E-state index >= 15 is 0 Å². The monoisotopic (exact) mass is 279 g/mol. The fourth-order valence-corrected chi connectivity index (χ4v) is 3.44. The Morgan fingerprint density at radius 1 is 1.15 bits per heavy atom. The van der Waals surface area contributed by atoms with Gasteiger partial charge in [0.1, 0.15) is 5.60 Å². The molecule has 0 spiro atoms. The van der Waals surface area contributed by atoms with Crippen molar-refractivity contribution in [2.45, 2.75) is 69.4 Å². The maximum atomic E-state index is 5.84. The lowest BCUT2D eigenvalue weighted by molar-refractivity contribution is -0.0365. The molecule has 0 unspecified atom stereocenters. The van der Waals surface area contributed by atoms with Gasteiger partial charge in [0.2, 0.25) is 11.7 Å². The smallest absolute Gasteiger partial charge is 0.243 e. The molecule has 0 amide bonds. The van der Waals surface area contributed by atoms with E-state index in [1.165, 1.54) is 38.5 Å². The molecule has 2 fully saturated rings. The van der Waals surface area contributed by atoms with E-state index in [0.717, 1.165) is 37.5 Å². The molecular formula is C15H25N3O2. The van der Waals surface area contributed by atoms with Crippen molar-refractivity contribution >= 4 is 0 Å². The highest BCUT2D eigenvalue weighted by molar-refractivity contribution is 5.04. The first-order valence-electron chi connectivity index (χ1n) is 7.97. The fraction of sp³-hybridized carbons (Fsp3) is 0.867. The summed E-state index contributed by atoms with van der Waals surface area (Å²) in [5.74, 6) is 1.49. The molecule has 1 aliphatic heterocycles. The fourth-order valence-electron chi connectivity index (χ4n) is 3.44. The maximum absolute atomic E-state index is 5.84. The lowest BCUT2D eigenvalue weighted by atomic mass is 9.93. The summed E-state index contributed by atoms with van der Waals surface area (Å²) in [6, 6.07) is 0.227. The molecule has 2 heterocycles. The summed E-state index contributed by atoms with van der Waals surface area (Å²) in [6.07, 6.45) is 10.5. The molecule has 20 heavy (non-hydrogen) atoms. The molecule has 1 saturated carbocycles. The molecule has 0 bridgehead atoms. The molecule has 1 aliphatic carbocycles. The predicted molar refractivity (Wildman–Crippen MR) is 75.3 cm³/mol. The molecule has 1 aromatic rings. The van der Waals surface area contributed by atoms with Gasteiger partial charge in [-0.15, -0.1) is 0 Å². The number of nitrogens with zero attached hydrogens (tertiary/aromatic N) is 2. The largest absolute Gasteiger partial charge is 0.370 e. The molecule has 5 nitrogen and oxygen atoms in total. The summed E-state index contributed by atoms with van der Waals surface area (Å²) in [5, 5.41) is 7.71. The third kappa shape index (κ3) is 2.74. The highest BCUT2D eigenvalue weighted by atomic mass is 16.5. The zero-order valence-corrected chi connectivity index (χ0v) is 12.4. The van der Waals surface area contributed by atoms with Crippen LogP contribution >= 0.6 is 0 Å². The number of rotatable bonds is 3. The normalized spacial score (nSPS) is 27.1. The number of nitrogens with one attached hydrogen (secondary N) is 1. The van der Waals surface area contributed by atoms with E-state index in [4.69, 9.17) is 9.26 Å². The lowest BCUT2D eigenvalue weighted by Crippen LogP contribution is -2.30. The Labute approximate surface area is 120 Å². The zero-order chi connectivity index (χ0) is 13.8. The molecule has 2 aliphatic rings. The van der Waals surface area contributed by atoms with E-state index in [9.17, 15) is 0 Å². The Bertz CT molecular complexity index is 419. The number of hydrogen-bond acceptors (Lipinski definition) is 5. The minimum Gasteiger partial charge on any atom is -0.370 e. The van der Waals surface area contributed by atoms with Gasteiger partial charge in [-0.1, -0.05) is 37.3 Å². The Kier molecular flexibility index (Phi) is 4.36. The minimum atomic E-state index is -0.326. The molecule has 1 atom stereocenters. The van der Waals surface area contributed by atoms with Gasteiger partial charge in [-0.25, -0.2) is 0 Å². The topological polar surface area (TPSA) is 60.2 Å². The van der Waals surface area contributed by atoms with Gasteiger partial charge in [0, 0.05) is 7.11 Å². The van der Waals surface area contributed by atoms with E-state index in [0.29, 0.717) is 0 Å². The van der Waals surface area contributed by atoms with E-state index in [1.54, 1.807) is 7.11 Å². The van der Waals surface area contributed by atoms with Gasteiger partial charge in [0.15, 0.2) is 0 Å². The molecule has 0 aromatic carbocycles. The number of ether oxygens (including phenoxy) is 1. The van der Waals surface area contributed by atoms with Crippen molar-refractivity contribution in [3.05, 3.63) is 11.7 Å². The molecule has 3 rings (SSSR count). The van der Waals surface area contributed by atoms with E-state index < -0.39 is 0 Å². The molecule has 1 saturated heterocycles. The van der Waals surface area contributed by atoms with Crippen LogP contribution in [0.25, 0.3) is 0 Å². The number of piperidine rings is 1. The third-order valence-electron chi connectivity index (χ3n) is 4.76. The van der Waals surface area contributed by atoms with Gasteiger partial charge in [0.05, 0.1) is 6.04 Å². The third-order valence-corrected chi connectivity index (χ3v) is 4.76. The van der Waals surface area contributed by atoms with Crippen LogP contribution in [0.5, 0.6) is 0 Å². The summed E-state index contributed by atoms with van der Waals surface area (Å²) in [5.41, 5.74) is -0.326. The van der Waals surface area contributed by atoms with Crippen LogP contribution in [0, 0.1) is 0 Å². The van der Waals surface area contributed by atoms with Crippen LogP contribution in [-0.4, -0.2) is 23.8 Å². The number of methoxy groups -OCH3 is 1. The van der Waals surface area contributed by atoms with E-state index in [-0.39, 0.29) is 11.6 Å². The Balaban J connectivity index is 1.79. The number of hydrogen-bond donors (Lipinski definition) is 1. The molecule has 5 heteroatoms. The van der Waals surface area contributed by atoms with Crippen molar-refractivity contribution in [2.75, 3.05) is 13.7 Å². The van der Waals surface area contributed by atoms with Gasteiger partial charge in [0.25, 0.3) is 0 Å². The van der Waals surface area contributed by atoms with Crippen LogP contribution in [-0.2, 0) is 10.3 Å². The first kappa shape index (κ1) is 14.0.